The van der Waals surface area contributed by atoms with Crippen LogP contribution in [-0.4, -0.2) is 18.9 Å². The quantitative estimate of drug-likeness (QED) is 0.632. The van der Waals surface area contributed by atoms with Gasteiger partial charge in [0.15, 0.2) is 5.78 Å². The summed E-state index contributed by atoms with van der Waals surface area (Å²) < 4.78 is 0. The maximum atomic E-state index is 11.2. The van der Waals surface area contributed by atoms with Crippen molar-refractivity contribution in [3.05, 3.63) is 29.3 Å². The molecule has 2 nitrogen and oxygen atoms in total. The van der Waals surface area contributed by atoms with Gasteiger partial charge in [-0.3, -0.25) is 4.79 Å². The van der Waals surface area contributed by atoms with E-state index in [2.05, 4.69) is 24.9 Å². The summed E-state index contributed by atoms with van der Waals surface area (Å²) in [5.74, 6) is 0.148. The van der Waals surface area contributed by atoms with Gasteiger partial charge in [-0.05, 0) is 44.0 Å². The first-order valence-electron chi connectivity index (χ1n) is 4.96. The Bertz CT molecular complexity index is 384. The van der Waals surface area contributed by atoms with Gasteiger partial charge in [-0.25, -0.2) is 0 Å². The van der Waals surface area contributed by atoms with Crippen LogP contribution in [0.15, 0.2) is 18.2 Å². The monoisotopic (exact) mass is 189 g/mol. The van der Waals surface area contributed by atoms with Gasteiger partial charge >= 0.3 is 0 Å². The molecule has 1 aliphatic heterocycles. The highest BCUT2D eigenvalue weighted by Gasteiger charge is 2.22. The van der Waals surface area contributed by atoms with Crippen LogP contribution < -0.4 is 4.90 Å². The fourth-order valence-electron chi connectivity index (χ4n) is 2.00. The lowest BCUT2D eigenvalue weighted by atomic mass is 10.1. The summed E-state index contributed by atoms with van der Waals surface area (Å²) in [6.45, 7) is 3.82. The number of Topliss-reactive ketones (excluding diaryl/α,β-unsaturated/α-hetero) is 1. The summed E-state index contributed by atoms with van der Waals surface area (Å²) in [5.41, 5.74) is 3.39. The second-order valence-corrected chi connectivity index (χ2v) is 4.06. The maximum Gasteiger partial charge on any atom is 0.159 e. The first-order chi connectivity index (χ1) is 6.59. The standard InChI is InChI=1S/C12H15NO/c1-8-6-11-7-10(9(2)14)4-5-12(11)13(8)3/h4-5,7-8H,6H2,1-3H3. The molecular weight excluding hydrogens is 174 g/mol. The van der Waals surface area contributed by atoms with E-state index in [0.717, 1.165) is 12.0 Å². The van der Waals surface area contributed by atoms with Crippen LogP contribution in [0.1, 0.15) is 29.8 Å². The normalized spacial score (nSPS) is 19.6. The van der Waals surface area contributed by atoms with Crippen LogP contribution in [0.4, 0.5) is 5.69 Å². The predicted octanol–water partition coefficient (Wildman–Crippen LogP) is 2.27. The van der Waals surface area contributed by atoms with E-state index in [0.29, 0.717) is 6.04 Å². The van der Waals surface area contributed by atoms with Crippen molar-refractivity contribution in [1.82, 2.24) is 0 Å². The number of nitrogens with zero attached hydrogens (tertiary/aromatic N) is 1. The number of fused-ring (bicyclic) bond motifs is 1. The van der Waals surface area contributed by atoms with Gasteiger partial charge in [-0.2, -0.15) is 0 Å². The van der Waals surface area contributed by atoms with Crippen molar-refractivity contribution in [2.24, 2.45) is 0 Å². The molecule has 1 heterocycles. The molecule has 1 aromatic carbocycles. The molecule has 0 saturated carbocycles. The molecule has 0 aliphatic carbocycles. The molecule has 74 valence electrons. The SMILES string of the molecule is CC(=O)c1ccc2c(c1)CC(C)N2C. The fraction of sp³-hybridized carbons (Fsp3) is 0.417. The molecule has 0 saturated heterocycles. The molecule has 2 heteroatoms. The van der Waals surface area contributed by atoms with Gasteiger partial charge in [0.05, 0.1) is 0 Å². The third-order valence-electron chi connectivity index (χ3n) is 3.04. The second-order valence-electron chi connectivity index (χ2n) is 4.06. The fourth-order valence-corrected chi connectivity index (χ4v) is 2.00. The van der Waals surface area contributed by atoms with Crippen LogP contribution in [0.5, 0.6) is 0 Å². The minimum absolute atomic E-state index is 0.148. The van der Waals surface area contributed by atoms with Gasteiger partial charge in [0, 0.05) is 24.3 Å². The summed E-state index contributed by atoms with van der Waals surface area (Å²) in [6, 6.07) is 6.54. The zero-order chi connectivity index (χ0) is 10.3. The van der Waals surface area contributed by atoms with Crippen molar-refractivity contribution in [3.63, 3.8) is 0 Å². The number of carbonyl (C=O) groups is 1. The molecule has 0 bridgehead atoms. The van der Waals surface area contributed by atoms with Crippen molar-refractivity contribution in [1.29, 1.82) is 0 Å². The Morgan fingerprint density at radius 2 is 2.21 bits per heavy atom. The highest BCUT2D eigenvalue weighted by atomic mass is 16.1. The minimum Gasteiger partial charge on any atom is -0.371 e. The van der Waals surface area contributed by atoms with Crippen molar-refractivity contribution < 1.29 is 4.79 Å². The van der Waals surface area contributed by atoms with Crippen LogP contribution in [0.25, 0.3) is 0 Å². The van der Waals surface area contributed by atoms with Gasteiger partial charge in [0.1, 0.15) is 0 Å². The lowest BCUT2D eigenvalue weighted by Crippen LogP contribution is -2.23. The zero-order valence-electron chi connectivity index (χ0n) is 8.87. The largest absolute Gasteiger partial charge is 0.371 e. The summed E-state index contributed by atoms with van der Waals surface area (Å²) in [5, 5.41) is 0. The maximum absolute atomic E-state index is 11.2. The van der Waals surface area contributed by atoms with Gasteiger partial charge in [0.25, 0.3) is 0 Å². The Balaban J connectivity index is 2.44. The van der Waals surface area contributed by atoms with Crippen molar-refractivity contribution in [2.75, 3.05) is 11.9 Å². The average Bonchev–Trinajstić information content (AvgIpc) is 2.42. The van der Waals surface area contributed by atoms with Gasteiger partial charge in [0.2, 0.25) is 0 Å². The van der Waals surface area contributed by atoms with E-state index < -0.39 is 0 Å². The lowest BCUT2D eigenvalue weighted by Gasteiger charge is -2.18. The van der Waals surface area contributed by atoms with E-state index in [9.17, 15) is 4.79 Å². The molecule has 0 amide bonds. The molecule has 0 aromatic heterocycles. The van der Waals surface area contributed by atoms with E-state index in [1.165, 1.54) is 11.3 Å². The molecular formula is C12H15NO. The molecule has 1 atom stereocenters. The Labute approximate surface area is 84.5 Å². The summed E-state index contributed by atoms with van der Waals surface area (Å²) in [6.07, 6.45) is 1.05. The number of hydrogen-bond acceptors (Lipinski definition) is 2. The van der Waals surface area contributed by atoms with Gasteiger partial charge in [-0.15, -0.1) is 0 Å². The topological polar surface area (TPSA) is 20.3 Å². The Kier molecular flexibility index (Phi) is 2.06. The average molecular weight is 189 g/mol. The smallest absolute Gasteiger partial charge is 0.159 e. The first kappa shape index (κ1) is 9.25. The van der Waals surface area contributed by atoms with Crippen LogP contribution in [0.2, 0.25) is 0 Å². The number of carbonyl (C=O) groups excluding carboxylic acids is 1. The summed E-state index contributed by atoms with van der Waals surface area (Å²) in [7, 11) is 2.10. The van der Waals surface area contributed by atoms with E-state index in [1.807, 2.05) is 12.1 Å². The molecule has 14 heavy (non-hydrogen) atoms. The third kappa shape index (κ3) is 1.31. The molecule has 1 aromatic rings. The van der Waals surface area contributed by atoms with E-state index in [-0.39, 0.29) is 5.78 Å². The summed E-state index contributed by atoms with van der Waals surface area (Å²) in [4.78, 5) is 13.5. The predicted molar refractivity (Wildman–Crippen MR) is 58.0 cm³/mol. The first-order valence-corrected chi connectivity index (χ1v) is 4.96. The summed E-state index contributed by atoms with van der Waals surface area (Å²) >= 11 is 0. The Morgan fingerprint density at radius 3 is 2.86 bits per heavy atom. The Morgan fingerprint density at radius 1 is 1.50 bits per heavy atom. The van der Waals surface area contributed by atoms with Crippen LogP contribution in [0.3, 0.4) is 0 Å². The zero-order valence-corrected chi connectivity index (χ0v) is 8.87. The van der Waals surface area contributed by atoms with Gasteiger partial charge < -0.3 is 4.90 Å². The highest BCUT2D eigenvalue weighted by Crippen LogP contribution is 2.31. The van der Waals surface area contributed by atoms with Crippen molar-refractivity contribution in [2.45, 2.75) is 26.3 Å². The molecule has 0 spiro atoms. The number of benzene rings is 1. The van der Waals surface area contributed by atoms with E-state index in [1.54, 1.807) is 6.92 Å². The van der Waals surface area contributed by atoms with Crippen LogP contribution in [-0.2, 0) is 6.42 Å². The van der Waals surface area contributed by atoms with E-state index >= 15 is 0 Å². The molecule has 1 unspecified atom stereocenters. The number of anilines is 1. The molecule has 0 fully saturated rings. The van der Waals surface area contributed by atoms with Crippen LogP contribution in [0, 0.1) is 0 Å². The van der Waals surface area contributed by atoms with Crippen LogP contribution >= 0.6 is 0 Å². The molecule has 2 rings (SSSR count). The molecule has 1 aliphatic rings. The Hall–Kier alpha value is -1.31. The third-order valence-corrected chi connectivity index (χ3v) is 3.04. The lowest BCUT2D eigenvalue weighted by molar-refractivity contribution is 0.101. The van der Waals surface area contributed by atoms with Gasteiger partial charge in [-0.1, -0.05) is 0 Å². The number of hydrogen-bond donors (Lipinski definition) is 0. The van der Waals surface area contributed by atoms with E-state index in [4.69, 9.17) is 0 Å². The van der Waals surface area contributed by atoms with Crippen molar-refractivity contribution >= 4 is 11.5 Å². The number of rotatable bonds is 1. The second kappa shape index (κ2) is 3.12. The van der Waals surface area contributed by atoms with Crippen molar-refractivity contribution in [3.8, 4) is 0 Å². The number of ketones is 1. The molecule has 0 N–H and O–H groups in total. The highest BCUT2D eigenvalue weighted by molar-refractivity contribution is 5.94. The molecule has 0 radical (unpaired) electrons. The number of likely N-dealkylation sites (N-methyl/N-ethyl adjacent to an activating group) is 1. The minimum atomic E-state index is 0.148.